The fourth-order valence-corrected chi connectivity index (χ4v) is 8.95. The van der Waals surface area contributed by atoms with Crippen LogP contribution in [0.2, 0.25) is 0 Å². The van der Waals surface area contributed by atoms with Gasteiger partial charge in [-0.2, -0.15) is 0 Å². The second kappa shape index (κ2) is 40.8. The number of amides is 3. The average molecular weight is 1230 g/mol. The van der Waals surface area contributed by atoms with Crippen LogP contribution in [0.25, 0.3) is 0 Å². The Morgan fingerprint density at radius 1 is 0.405 bits per heavy atom. The number of rotatable bonds is 48. The Kier molecular flexibility index (Phi) is 35.8. The van der Waals surface area contributed by atoms with E-state index in [4.69, 9.17) is 71.1 Å². The number of ether oxygens (including phenoxy) is 15. The quantitative estimate of drug-likeness (QED) is 0.0252. The standard InChI is InChI=1S/C51H93N3O30/c1-50(30-77-9-3-36(59)53-6-12-71-15-18-74-21-24-80-48-45(67)43(65)40(62)33(27-56)82-48,31-78-10-4-37(60)54-7-13-72-16-19-75-22-25-81-49-46(68)44(66)41(63)34(28-57)83-49)29-76-8-2-35(58)52-5-11-70-14-17-73-20-23-79-47-38-42(64)39(61)32(26-55)51(38,69)84-47/h32-34,38-49,55-57,61-69H,2-31H2,1H3,(H,52,58)(H,53,59)(H,54,60)/t32?,33?,34?,38?,39-,40-,41-,42?,43?,44?,45?,46?,47+,48+,49+,50?,51?/m1/s1. The number of carbonyl (C=O) groups is 3. The topological polar surface area (TPSA) is 469 Å². The summed E-state index contributed by atoms with van der Waals surface area (Å²) in [5.41, 5.74) is -0.752. The first-order valence-corrected chi connectivity index (χ1v) is 28.2. The molecule has 0 bridgehead atoms. The summed E-state index contributed by atoms with van der Waals surface area (Å²) in [6.07, 6.45) is -17.3. The van der Waals surface area contributed by atoms with E-state index in [0.29, 0.717) is 0 Å². The predicted molar refractivity (Wildman–Crippen MR) is 280 cm³/mol. The summed E-state index contributed by atoms with van der Waals surface area (Å²) < 4.78 is 82.5. The molecular formula is C51H93N3O30. The molecule has 492 valence electrons. The van der Waals surface area contributed by atoms with Gasteiger partial charge in [-0.05, 0) is 0 Å². The Morgan fingerprint density at radius 2 is 0.738 bits per heavy atom. The summed E-state index contributed by atoms with van der Waals surface area (Å²) in [6.45, 7) is 3.62. The minimum absolute atomic E-state index is 0.0101. The Bertz CT molecular complexity index is 1710. The first kappa shape index (κ1) is 73.8. The van der Waals surface area contributed by atoms with Crippen molar-refractivity contribution in [2.24, 2.45) is 17.3 Å². The third-order valence-electron chi connectivity index (χ3n) is 13.8. The highest BCUT2D eigenvalue weighted by Gasteiger charge is 2.71. The molecule has 0 aromatic carbocycles. The Hall–Kier alpha value is -2.67. The van der Waals surface area contributed by atoms with Crippen LogP contribution in [0.4, 0.5) is 0 Å². The average Bonchev–Trinajstić information content (AvgIpc) is 1.62. The van der Waals surface area contributed by atoms with Gasteiger partial charge in [-0.1, -0.05) is 6.92 Å². The number of hydrogen-bond acceptors (Lipinski definition) is 30. The number of nitrogens with one attached hydrogen (secondary N) is 3. The zero-order valence-corrected chi connectivity index (χ0v) is 47.6. The molecule has 33 heteroatoms. The maximum Gasteiger partial charge on any atom is 0.222 e. The second-order valence-electron chi connectivity index (χ2n) is 20.5. The van der Waals surface area contributed by atoms with Crippen LogP contribution >= 0.6 is 0 Å². The Balaban J connectivity index is 1.03. The lowest BCUT2D eigenvalue weighted by Crippen LogP contribution is -2.63. The first-order chi connectivity index (χ1) is 40.4. The van der Waals surface area contributed by atoms with E-state index in [1.54, 1.807) is 0 Å². The minimum atomic E-state index is -1.86. The maximum absolute atomic E-state index is 12.5. The van der Waals surface area contributed by atoms with Crippen LogP contribution in [-0.4, -0.2) is 343 Å². The third kappa shape index (κ3) is 25.1. The molecule has 84 heavy (non-hydrogen) atoms. The van der Waals surface area contributed by atoms with Gasteiger partial charge in [0.1, 0.15) is 48.8 Å². The van der Waals surface area contributed by atoms with E-state index >= 15 is 0 Å². The van der Waals surface area contributed by atoms with Gasteiger partial charge in [0.15, 0.2) is 24.7 Å². The fraction of sp³-hybridized carbons (Fsp3) is 0.941. The van der Waals surface area contributed by atoms with E-state index in [-0.39, 0.29) is 195 Å². The minimum Gasteiger partial charge on any atom is -0.396 e. The second-order valence-corrected chi connectivity index (χ2v) is 20.5. The summed E-state index contributed by atoms with van der Waals surface area (Å²) in [4.78, 5) is 37.5. The van der Waals surface area contributed by atoms with Crippen LogP contribution in [0.3, 0.4) is 0 Å². The highest BCUT2D eigenvalue weighted by molar-refractivity contribution is 5.76. The highest BCUT2D eigenvalue weighted by Crippen LogP contribution is 2.52. The number of fused-ring (bicyclic) bond motifs is 1. The van der Waals surface area contributed by atoms with Gasteiger partial charge in [0.25, 0.3) is 0 Å². The van der Waals surface area contributed by atoms with Crippen LogP contribution in [-0.2, 0) is 85.4 Å². The molecule has 3 amide bonds. The summed E-state index contributed by atoms with van der Waals surface area (Å²) in [6, 6.07) is 0. The molecule has 4 rings (SSSR count). The van der Waals surface area contributed by atoms with Crippen molar-refractivity contribution < 1.29 is 147 Å². The van der Waals surface area contributed by atoms with Crippen molar-refractivity contribution in [3.63, 3.8) is 0 Å². The maximum atomic E-state index is 12.5. The number of hydrogen-bond donors (Lipinski definition) is 15. The SMILES string of the molecule is CC(COCCC(=O)NCCOCCOCCO[C@H]1OC(CO)[C@@H](O)C(O)C1O)(COCCC(=O)NCCOCCOCCO[C@H]1OC(CO)[C@@H](O)C(O)C1O)COCCC(=O)NCCOCCOCCO[C@H]1OC2(O)C1C(O)[C@H](O)C2CO. The molecule has 3 heterocycles. The smallest absolute Gasteiger partial charge is 0.222 e. The van der Waals surface area contributed by atoms with E-state index in [9.17, 15) is 75.7 Å². The first-order valence-electron chi connectivity index (χ1n) is 28.2. The molecule has 33 nitrogen and oxygen atoms in total. The molecule has 1 saturated carbocycles. The molecule has 1 aliphatic carbocycles. The third-order valence-corrected chi connectivity index (χ3v) is 13.8. The van der Waals surface area contributed by atoms with Crippen molar-refractivity contribution in [1.29, 1.82) is 0 Å². The molecule has 0 aromatic rings. The lowest BCUT2D eigenvalue weighted by atomic mass is 9.89. The van der Waals surface area contributed by atoms with E-state index in [0.717, 1.165) is 0 Å². The summed E-state index contributed by atoms with van der Waals surface area (Å²) in [5, 5.41) is 127. The van der Waals surface area contributed by atoms with Crippen LogP contribution < -0.4 is 16.0 Å². The van der Waals surface area contributed by atoms with Gasteiger partial charge in [0, 0.05) is 44.3 Å². The lowest BCUT2D eigenvalue weighted by molar-refractivity contribution is -0.439. The molecule has 0 aromatic heterocycles. The molecule has 4 aliphatic rings. The van der Waals surface area contributed by atoms with Crippen LogP contribution in [0.1, 0.15) is 26.2 Å². The number of carbonyl (C=O) groups excluding carboxylic acids is 3. The summed E-state index contributed by atoms with van der Waals surface area (Å²) in [5.74, 6) is -4.64. The molecule has 10 unspecified atom stereocenters. The van der Waals surface area contributed by atoms with Crippen molar-refractivity contribution in [3.05, 3.63) is 0 Å². The van der Waals surface area contributed by atoms with Gasteiger partial charge in [0.05, 0.1) is 183 Å². The van der Waals surface area contributed by atoms with Gasteiger partial charge in [-0.25, -0.2) is 0 Å². The van der Waals surface area contributed by atoms with Gasteiger partial charge in [-0.15, -0.1) is 0 Å². The van der Waals surface area contributed by atoms with Gasteiger partial charge < -0.3 is 148 Å². The van der Waals surface area contributed by atoms with Gasteiger partial charge in [0.2, 0.25) is 17.7 Å². The predicted octanol–water partition coefficient (Wildman–Crippen LogP) is -8.68. The Labute approximate surface area is 486 Å². The fourth-order valence-electron chi connectivity index (χ4n) is 8.95. The molecule has 0 radical (unpaired) electrons. The highest BCUT2D eigenvalue weighted by atomic mass is 16.8. The largest absolute Gasteiger partial charge is 0.396 e. The molecule has 15 N–H and O–H groups in total. The normalized spacial score (nSPS) is 31.0. The monoisotopic (exact) mass is 1230 g/mol. The van der Waals surface area contributed by atoms with E-state index in [1.807, 2.05) is 6.92 Å². The van der Waals surface area contributed by atoms with E-state index < -0.39 is 123 Å². The Morgan fingerprint density at radius 3 is 1.08 bits per heavy atom. The van der Waals surface area contributed by atoms with Crippen LogP contribution in [0, 0.1) is 17.3 Å². The van der Waals surface area contributed by atoms with Crippen molar-refractivity contribution in [2.75, 3.05) is 178 Å². The lowest BCUT2D eigenvalue weighted by Gasteiger charge is -2.49. The molecule has 4 fully saturated rings. The molecule has 0 spiro atoms. The van der Waals surface area contributed by atoms with Crippen molar-refractivity contribution >= 4 is 17.7 Å². The van der Waals surface area contributed by atoms with Crippen LogP contribution in [0.5, 0.6) is 0 Å². The van der Waals surface area contributed by atoms with Gasteiger partial charge >= 0.3 is 0 Å². The van der Waals surface area contributed by atoms with E-state index in [2.05, 4.69) is 16.0 Å². The summed E-state index contributed by atoms with van der Waals surface area (Å²) >= 11 is 0. The van der Waals surface area contributed by atoms with Crippen molar-refractivity contribution in [2.45, 2.75) is 112 Å². The van der Waals surface area contributed by atoms with Crippen molar-refractivity contribution in [1.82, 2.24) is 16.0 Å². The zero-order chi connectivity index (χ0) is 61.3. The molecule has 3 aliphatic heterocycles. The number of aliphatic hydroxyl groups is 12. The van der Waals surface area contributed by atoms with Gasteiger partial charge in [-0.3, -0.25) is 14.4 Å². The molecular weight excluding hydrogens is 1130 g/mol. The zero-order valence-electron chi connectivity index (χ0n) is 47.6. The summed E-state index contributed by atoms with van der Waals surface area (Å²) in [7, 11) is 0. The number of aliphatic hydroxyl groups excluding tert-OH is 11. The molecule has 16 atom stereocenters. The molecule has 3 saturated heterocycles. The van der Waals surface area contributed by atoms with Crippen molar-refractivity contribution in [3.8, 4) is 0 Å². The van der Waals surface area contributed by atoms with E-state index in [1.165, 1.54) is 0 Å². The van der Waals surface area contributed by atoms with Crippen LogP contribution in [0.15, 0.2) is 0 Å².